The van der Waals surface area contributed by atoms with Crippen LogP contribution in [0.25, 0.3) is 0 Å². The number of rotatable bonds is 3. The van der Waals surface area contributed by atoms with E-state index in [0.717, 1.165) is 6.54 Å². The fourth-order valence-corrected chi connectivity index (χ4v) is 0.725. The van der Waals surface area contributed by atoms with Gasteiger partial charge < -0.3 is 10.4 Å². The number of carbonyl (C=O) groups is 1. The minimum Gasteiger partial charge on any atom is -0.384 e. The zero-order chi connectivity index (χ0) is 6.85. The largest absolute Gasteiger partial charge is 0.384 e. The van der Waals surface area contributed by atoms with E-state index in [1.54, 1.807) is 6.92 Å². The summed E-state index contributed by atoms with van der Waals surface area (Å²) in [5.41, 5.74) is 0. The maximum Gasteiger partial charge on any atom is 0.162 e. The summed E-state index contributed by atoms with van der Waals surface area (Å²) in [6, 6.07) is 0.0532. The van der Waals surface area contributed by atoms with Crippen LogP contribution in [-0.2, 0) is 4.79 Å². The van der Waals surface area contributed by atoms with E-state index < -0.39 is 6.10 Å². The van der Waals surface area contributed by atoms with Gasteiger partial charge in [-0.05, 0) is 0 Å². The zero-order valence-corrected chi connectivity index (χ0v) is 5.42. The van der Waals surface area contributed by atoms with Crippen molar-refractivity contribution >= 4 is 5.78 Å². The lowest BCUT2D eigenvalue weighted by Gasteiger charge is -2.02. The smallest absolute Gasteiger partial charge is 0.162 e. The first-order chi connectivity index (χ1) is 4.25. The normalized spacial score (nSPS) is 27.6. The minimum atomic E-state index is -0.755. The molecule has 2 atom stereocenters. The van der Waals surface area contributed by atoms with Gasteiger partial charge in [0.2, 0.25) is 0 Å². The predicted molar refractivity (Wildman–Crippen MR) is 33.1 cm³/mol. The van der Waals surface area contributed by atoms with E-state index >= 15 is 0 Å². The highest BCUT2D eigenvalue weighted by Crippen LogP contribution is 2.05. The third kappa shape index (κ3) is 1.50. The van der Waals surface area contributed by atoms with Crippen molar-refractivity contribution < 1.29 is 9.90 Å². The highest BCUT2D eigenvalue weighted by molar-refractivity contribution is 5.83. The first-order valence-electron chi connectivity index (χ1n) is 3.20. The molecule has 0 radical (unpaired) electrons. The molecule has 1 saturated heterocycles. The third-order valence-corrected chi connectivity index (χ3v) is 1.50. The summed E-state index contributed by atoms with van der Waals surface area (Å²) < 4.78 is 0. The molecule has 3 heteroatoms. The number of nitrogens with one attached hydrogen (secondary N) is 1. The first kappa shape index (κ1) is 6.71. The lowest BCUT2D eigenvalue weighted by atomic mass is 10.1. The van der Waals surface area contributed by atoms with Gasteiger partial charge in [-0.1, -0.05) is 6.92 Å². The van der Waals surface area contributed by atoms with E-state index in [4.69, 9.17) is 5.11 Å². The summed E-state index contributed by atoms with van der Waals surface area (Å²) in [6.45, 7) is 2.54. The Morgan fingerprint density at radius 3 is 2.89 bits per heavy atom. The van der Waals surface area contributed by atoms with Crippen LogP contribution in [0.1, 0.15) is 13.3 Å². The van der Waals surface area contributed by atoms with Crippen molar-refractivity contribution in [2.45, 2.75) is 25.5 Å². The average molecular weight is 129 g/mol. The Morgan fingerprint density at radius 1 is 2.00 bits per heavy atom. The Bertz CT molecular complexity index is 120. The zero-order valence-electron chi connectivity index (χ0n) is 5.42. The van der Waals surface area contributed by atoms with Crippen molar-refractivity contribution in [1.82, 2.24) is 5.32 Å². The van der Waals surface area contributed by atoms with Crippen molar-refractivity contribution in [1.29, 1.82) is 0 Å². The van der Waals surface area contributed by atoms with Crippen LogP contribution >= 0.6 is 0 Å². The topological polar surface area (TPSA) is 59.2 Å². The molecule has 1 aliphatic rings. The number of aliphatic hydroxyl groups is 1. The van der Waals surface area contributed by atoms with Gasteiger partial charge in [0, 0.05) is 13.0 Å². The molecule has 1 heterocycles. The highest BCUT2D eigenvalue weighted by Gasteiger charge is 2.32. The van der Waals surface area contributed by atoms with Gasteiger partial charge in [0.25, 0.3) is 0 Å². The molecule has 2 unspecified atom stereocenters. The van der Waals surface area contributed by atoms with Gasteiger partial charge in [-0.25, -0.2) is 0 Å². The van der Waals surface area contributed by atoms with E-state index in [9.17, 15) is 4.79 Å². The molecule has 0 amide bonds. The van der Waals surface area contributed by atoms with Crippen molar-refractivity contribution in [2.24, 2.45) is 0 Å². The molecule has 0 aromatic rings. The second-order valence-corrected chi connectivity index (χ2v) is 2.28. The molecular weight excluding hydrogens is 118 g/mol. The molecule has 1 aliphatic heterocycles. The summed E-state index contributed by atoms with van der Waals surface area (Å²) >= 11 is 0. The van der Waals surface area contributed by atoms with Crippen LogP contribution in [0.3, 0.4) is 0 Å². The minimum absolute atomic E-state index is 0.0532. The van der Waals surface area contributed by atoms with Crippen molar-refractivity contribution in [2.75, 3.05) is 6.54 Å². The highest BCUT2D eigenvalue weighted by atomic mass is 16.3. The molecule has 1 fully saturated rings. The fourth-order valence-electron chi connectivity index (χ4n) is 0.725. The standard InChI is InChI=1S/C6H11NO2/c1-2-5(8)6(9)4-3-7-4/h4,6-7,9H,2-3H2,1H3. The Morgan fingerprint density at radius 2 is 2.56 bits per heavy atom. The van der Waals surface area contributed by atoms with Crippen LogP contribution < -0.4 is 5.32 Å². The van der Waals surface area contributed by atoms with Crippen LogP contribution in [0.15, 0.2) is 0 Å². The van der Waals surface area contributed by atoms with Gasteiger partial charge in [0.1, 0.15) is 6.10 Å². The molecule has 0 saturated carbocycles. The summed E-state index contributed by atoms with van der Waals surface area (Å²) in [4.78, 5) is 10.7. The monoisotopic (exact) mass is 129 g/mol. The second kappa shape index (κ2) is 2.45. The van der Waals surface area contributed by atoms with E-state index in [1.807, 2.05) is 0 Å². The molecule has 0 spiro atoms. The lowest BCUT2D eigenvalue weighted by Crippen LogP contribution is -2.26. The number of ketones is 1. The third-order valence-electron chi connectivity index (χ3n) is 1.50. The molecule has 3 nitrogen and oxygen atoms in total. The van der Waals surface area contributed by atoms with E-state index in [0.29, 0.717) is 6.42 Å². The Labute approximate surface area is 54.1 Å². The maximum absolute atomic E-state index is 10.7. The van der Waals surface area contributed by atoms with E-state index in [2.05, 4.69) is 5.32 Å². The first-order valence-corrected chi connectivity index (χ1v) is 3.20. The maximum atomic E-state index is 10.7. The van der Waals surface area contributed by atoms with Crippen molar-refractivity contribution in [3.8, 4) is 0 Å². The number of carbonyl (C=O) groups excluding carboxylic acids is 1. The number of hydrogen-bond acceptors (Lipinski definition) is 3. The lowest BCUT2D eigenvalue weighted by molar-refractivity contribution is -0.126. The summed E-state index contributed by atoms with van der Waals surface area (Å²) in [7, 11) is 0. The van der Waals surface area contributed by atoms with Crippen LogP contribution in [0.2, 0.25) is 0 Å². The average Bonchev–Trinajstić information content (AvgIpc) is 2.66. The number of hydrogen-bond donors (Lipinski definition) is 2. The van der Waals surface area contributed by atoms with Gasteiger partial charge in [-0.15, -0.1) is 0 Å². The number of aliphatic hydroxyl groups excluding tert-OH is 1. The van der Waals surface area contributed by atoms with Gasteiger partial charge in [0.15, 0.2) is 5.78 Å². The molecule has 52 valence electrons. The summed E-state index contributed by atoms with van der Waals surface area (Å²) in [5.74, 6) is -0.0648. The van der Waals surface area contributed by atoms with Gasteiger partial charge in [-0.3, -0.25) is 4.79 Å². The van der Waals surface area contributed by atoms with Crippen molar-refractivity contribution in [3.05, 3.63) is 0 Å². The van der Waals surface area contributed by atoms with Gasteiger partial charge in [0.05, 0.1) is 6.04 Å². The van der Waals surface area contributed by atoms with Crippen LogP contribution in [0.4, 0.5) is 0 Å². The summed E-state index contributed by atoms with van der Waals surface area (Å²) in [5, 5.41) is 11.9. The molecule has 0 aromatic heterocycles. The Kier molecular flexibility index (Phi) is 1.83. The molecule has 2 N–H and O–H groups in total. The van der Waals surface area contributed by atoms with E-state index in [-0.39, 0.29) is 11.8 Å². The SMILES string of the molecule is CCC(=O)C(O)C1CN1. The van der Waals surface area contributed by atoms with Crippen LogP contribution in [0.5, 0.6) is 0 Å². The molecule has 0 aliphatic carbocycles. The molecule has 0 aromatic carbocycles. The van der Waals surface area contributed by atoms with Crippen LogP contribution in [0, 0.1) is 0 Å². The second-order valence-electron chi connectivity index (χ2n) is 2.28. The molecular formula is C6H11NO2. The predicted octanol–water partition coefficient (Wildman–Crippen LogP) is -0.702. The van der Waals surface area contributed by atoms with Crippen LogP contribution in [-0.4, -0.2) is 29.6 Å². The summed E-state index contributed by atoms with van der Waals surface area (Å²) in [6.07, 6.45) is -0.325. The van der Waals surface area contributed by atoms with Gasteiger partial charge in [-0.2, -0.15) is 0 Å². The number of Topliss-reactive ketones (excluding diaryl/α,β-unsaturated/α-hetero) is 1. The Balaban J connectivity index is 2.30. The quantitative estimate of drug-likeness (QED) is 0.495. The Hall–Kier alpha value is -0.410. The molecule has 9 heavy (non-hydrogen) atoms. The van der Waals surface area contributed by atoms with Crippen molar-refractivity contribution in [3.63, 3.8) is 0 Å². The molecule has 1 rings (SSSR count). The van der Waals surface area contributed by atoms with E-state index in [1.165, 1.54) is 0 Å². The molecule has 0 bridgehead atoms. The fraction of sp³-hybridized carbons (Fsp3) is 0.833. The van der Waals surface area contributed by atoms with Gasteiger partial charge >= 0.3 is 0 Å².